The molecule has 2 amide bonds. The highest BCUT2D eigenvalue weighted by atomic mass is 35.5. The molecule has 0 saturated carbocycles. The summed E-state index contributed by atoms with van der Waals surface area (Å²) < 4.78 is 10.4. The van der Waals surface area contributed by atoms with Crippen LogP contribution in [0.4, 0.5) is 4.79 Å². The molecule has 0 radical (unpaired) electrons. The molecule has 0 spiro atoms. The van der Waals surface area contributed by atoms with Crippen LogP contribution in [0.1, 0.15) is 32.8 Å². The summed E-state index contributed by atoms with van der Waals surface area (Å²) in [7, 11) is 3.26. The first-order valence-electron chi connectivity index (χ1n) is 7.65. The molecule has 134 valence electrons. The zero-order valence-corrected chi connectivity index (χ0v) is 15.6. The van der Waals surface area contributed by atoms with Crippen molar-refractivity contribution in [2.24, 2.45) is 0 Å². The summed E-state index contributed by atoms with van der Waals surface area (Å²) in [4.78, 5) is 25.3. The van der Waals surface area contributed by atoms with Gasteiger partial charge in [-0.15, -0.1) is 0 Å². The number of hydrogen-bond acceptors (Lipinski definition) is 4. The number of amides is 2. The van der Waals surface area contributed by atoms with E-state index < -0.39 is 11.7 Å². The van der Waals surface area contributed by atoms with Crippen molar-refractivity contribution in [3.05, 3.63) is 28.8 Å². The molecule has 0 fully saturated rings. The van der Waals surface area contributed by atoms with Gasteiger partial charge in [0.25, 0.3) is 0 Å². The van der Waals surface area contributed by atoms with Gasteiger partial charge in [0.2, 0.25) is 5.91 Å². The van der Waals surface area contributed by atoms with Gasteiger partial charge in [0, 0.05) is 37.1 Å². The first kappa shape index (κ1) is 20.1. The molecule has 0 atom stereocenters. The lowest BCUT2D eigenvalue weighted by atomic mass is 10.2. The summed E-state index contributed by atoms with van der Waals surface area (Å²) in [5.74, 6) is 0.569. The number of nitrogens with zero attached hydrogens (tertiary/aromatic N) is 1. The van der Waals surface area contributed by atoms with Gasteiger partial charge < -0.3 is 19.7 Å². The van der Waals surface area contributed by atoms with Gasteiger partial charge >= 0.3 is 6.09 Å². The fourth-order valence-electron chi connectivity index (χ4n) is 1.99. The highest BCUT2D eigenvalue weighted by Gasteiger charge is 2.17. The molecule has 0 unspecified atom stereocenters. The van der Waals surface area contributed by atoms with Crippen molar-refractivity contribution in [3.63, 3.8) is 0 Å². The van der Waals surface area contributed by atoms with Gasteiger partial charge in [-0.1, -0.05) is 11.6 Å². The molecule has 6 nitrogen and oxygen atoms in total. The van der Waals surface area contributed by atoms with Gasteiger partial charge in [-0.3, -0.25) is 4.79 Å². The second-order valence-electron chi connectivity index (χ2n) is 6.38. The van der Waals surface area contributed by atoms with E-state index in [2.05, 4.69) is 5.32 Å². The summed E-state index contributed by atoms with van der Waals surface area (Å²) in [5, 5.41) is 3.15. The summed E-state index contributed by atoms with van der Waals surface area (Å²) in [6.07, 6.45) is -0.354. The Balaban J connectivity index is 2.48. The van der Waals surface area contributed by atoms with E-state index >= 15 is 0 Å². The fraction of sp³-hybridized carbons (Fsp3) is 0.529. The zero-order valence-electron chi connectivity index (χ0n) is 14.8. The Bertz CT molecular complexity index is 584. The number of methoxy groups -OCH3 is 1. The molecular weight excluding hydrogens is 332 g/mol. The minimum atomic E-state index is -0.561. The van der Waals surface area contributed by atoms with Crippen LogP contribution in [0.5, 0.6) is 5.75 Å². The van der Waals surface area contributed by atoms with Crippen LogP contribution in [0, 0.1) is 0 Å². The molecule has 0 aliphatic rings. The molecule has 1 aromatic carbocycles. The van der Waals surface area contributed by atoms with E-state index in [1.54, 1.807) is 58.0 Å². The number of rotatable bonds is 6. The number of carbonyl (C=O) groups is 2. The van der Waals surface area contributed by atoms with Gasteiger partial charge in [0.15, 0.2) is 0 Å². The average Bonchev–Trinajstić information content (AvgIpc) is 2.45. The van der Waals surface area contributed by atoms with E-state index in [4.69, 9.17) is 21.1 Å². The maximum absolute atomic E-state index is 12.2. The number of benzene rings is 1. The third-order valence-corrected chi connectivity index (χ3v) is 3.32. The number of halogens is 1. The second kappa shape index (κ2) is 8.78. The maximum atomic E-state index is 12.2. The lowest BCUT2D eigenvalue weighted by Gasteiger charge is -2.21. The fourth-order valence-corrected chi connectivity index (χ4v) is 2.19. The molecule has 0 heterocycles. The highest BCUT2D eigenvalue weighted by Crippen LogP contribution is 2.23. The molecule has 0 saturated heterocycles. The smallest absolute Gasteiger partial charge is 0.407 e. The Kier molecular flexibility index (Phi) is 7.35. The van der Waals surface area contributed by atoms with Gasteiger partial charge in [-0.05, 0) is 39.0 Å². The van der Waals surface area contributed by atoms with Crippen LogP contribution in [0.25, 0.3) is 0 Å². The Morgan fingerprint density at radius 1 is 1.29 bits per heavy atom. The first-order valence-corrected chi connectivity index (χ1v) is 8.03. The van der Waals surface area contributed by atoms with E-state index in [0.717, 1.165) is 5.56 Å². The number of hydrogen-bond donors (Lipinski definition) is 1. The lowest BCUT2D eigenvalue weighted by molar-refractivity contribution is -0.130. The topological polar surface area (TPSA) is 67.9 Å². The molecule has 0 aliphatic carbocycles. The largest absolute Gasteiger partial charge is 0.496 e. The van der Waals surface area contributed by atoms with Crippen molar-refractivity contribution < 1.29 is 19.1 Å². The average molecular weight is 357 g/mol. The van der Waals surface area contributed by atoms with Crippen LogP contribution in [-0.4, -0.2) is 43.2 Å². The minimum Gasteiger partial charge on any atom is -0.496 e. The van der Waals surface area contributed by atoms with Gasteiger partial charge in [-0.25, -0.2) is 4.79 Å². The van der Waals surface area contributed by atoms with E-state index in [9.17, 15) is 9.59 Å². The lowest BCUT2D eigenvalue weighted by Crippen LogP contribution is -2.35. The van der Waals surface area contributed by atoms with Crippen LogP contribution >= 0.6 is 11.6 Å². The van der Waals surface area contributed by atoms with Crippen LogP contribution in [0.3, 0.4) is 0 Å². The maximum Gasteiger partial charge on any atom is 0.407 e. The molecule has 1 rings (SSSR count). The molecule has 1 N–H and O–H groups in total. The molecular formula is C17H25ClN2O4. The molecule has 0 bridgehead atoms. The summed E-state index contributed by atoms with van der Waals surface area (Å²) in [6, 6.07) is 5.26. The van der Waals surface area contributed by atoms with Crippen LogP contribution in [0.2, 0.25) is 5.02 Å². The van der Waals surface area contributed by atoms with Crippen LogP contribution < -0.4 is 10.1 Å². The predicted octanol–water partition coefficient (Wildman–Crippen LogP) is 3.22. The summed E-state index contributed by atoms with van der Waals surface area (Å²) >= 11 is 5.99. The third-order valence-electron chi connectivity index (χ3n) is 3.08. The molecule has 0 aromatic heterocycles. The quantitative estimate of drug-likeness (QED) is 0.849. The second-order valence-corrected chi connectivity index (χ2v) is 6.82. The van der Waals surface area contributed by atoms with Crippen molar-refractivity contribution >= 4 is 23.6 Å². The van der Waals surface area contributed by atoms with Crippen molar-refractivity contribution in [2.45, 2.75) is 39.3 Å². The van der Waals surface area contributed by atoms with Crippen LogP contribution in [0.15, 0.2) is 18.2 Å². The number of carbonyl (C=O) groups excluding carboxylic acids is 2. The molecule has 24 heavy (non-hydrogen) atoms. The van der Waals surface area contributed by atoms with Crippen molar-refractivity contribution in [1.29, 1.82) is 0 Å². The van der Waals surface area contributed by atoms with Crippen molar-refractivity contribution in [2.75, 3.05) is 20.7 Å². The normalized spacial score (nSPS) is 10.9. The Hall–Kier alpha value is -1.95. The van der Waals surface area contributed by atoms with E-state index in [-0.39, 0.29) is 18.9 Å². The van der Waals surface area contributed by atoms with Crippen LogP contribution in [-0.2, 0) is 16.1 Å². The first-order chi connectivity index (χ1) is 11.1. The monoisotopic (exact) mass is 356 g/mol. The summed E-state index contributed by atoms with van der Waals surface area (Å²) in [5.41, 5.74) is 0.259. The Morgan fingerprint density at radius 2 is 1.96 bits per heavy atom. The molecule has 0 aliphatic heterocycles. The zero-order chi connectivity index (χ0) is 18.3. The van der Waals surface area contributed by atoms with E-state index in [0.29, 0.717) is 17.3 Å². The predicted molar refractivity (Wildman–Crippen MR) is 93.3 cm³/mol. The van der Waals surface area contributed by atoms with Gasteiger partial charge in [0.05, 0.1) is 7.11 Å². The number of nitrogens with one attached hydrogen (secondary N) is 1. The van der Waals surface area contributed by atoms with Crippen molar-refractivity contribution in [1.82, 2.24) is 10.2 Å². The van der Waals surface area contributed by atoms with Gasteiger partial charge in [0.1, 0.15) is 11.4 Å². The number of ether oxygens (including phenoxy) is 2. The minimum absolute atomic E-state index is 0.104. The Morgan fingerprint density at radius 3 is 2.54 bits per heavy atom. The third kappa shape index (κ3) is 7.08. The van der Waals surface area contributed by atoms with Crippen molar-refractivity contribution in [3.8, 4) is 5.75 Å². The van der Waals surface area contributed by atoms with Gasteiger partial charge in [-0.2, -0.15) is 0 Å². The molecule has 1 aromatic rings. The summed E-state index contributed by atoms with van der Waals surface area (Å²) in [6.45, 7) is 5.93. The van der Waals surface area contributed by atoms with E-state index in [1.807, 2.05) is 0 Å². The highest BCUT2D eigenvalue weighted by molar-refractivity contribution is 6.30. The number of alkyl carbamates (subject to hydrolysis) is 1. The standard InChI is InChI=1S/C17H25ClN2O4/c1-17(2,3)24-16(22)19-9-8-15(21)20(4)11-12-10-13(18)6-7-14(12)23-5/h6-7,10H,8-9,11H2,1-5H3,(H,19,22). The molecule has 7 heteroatoms. The Labute approximate surface area is 148 Å². The van der Waals surface area contributed by atoms with E-state index in [1.165, 1.54) is 0 Å². The SMILES string of the molecule is COc1ccc(Cl)cc1CN(C)C(=O)CCNC(=O)OC(C)(C)C.